The zero-order valence-corrected chi connectivity index (χ0v) is 17.3. The Hall–Kier alpha value is -0.630. The Balaban J connectivity index is 2.91. The number of phenols is 1. The summed E-state index contributed by atoms with van der Waals surface area (Å²) in [5, 5.41) is 11.3. The number of fused-ring (bicyclic) bond motifs is 1. The fourth-order valence-electron chi connectivity index (χ4n) is 3.95. The maximum atomic E-state index is 11.3. The largest absolute Gasteiger partial charge is 0.507 e. The summed E-state index contributed by atoms with van der Waals surface area (Å²) in [4.78, 5) is 1.46. The molecule has 0 bridgehead atoms. The van der Waals surface area contributed by atoms with E-state index < -0.39 is 0 Å². The molecule has 0 fully saturated rings. The normalized spacial score (nSPS) is 17.4. The van der Waals surface area contributed by atoms with Crippen molar-refractivity contribution in [2.45, 2.75) is 102 Å². The van der Waals surface area contributed by atoms with Crippen LogP contribution in [0.2, 0.25) is 0 Å². The van der Waals surface area contributed by atoms with Crippen LogP contribution in [-0.2, 0) is 23.7 Å². The van der Waals surface area contributed by atoms with Gasteiger partial charge in [-0.3, -0.25) is 0 Å². The SMILES string of the molecule is CCCc1c2c(c(C(C)(C)C)c(O)c1C(C)(C)C)CC(C)(C)S2. The molecular formula is C21H34OS. The molecule has 1 aromatic carbocycles. The molecule has 2 heteroatoms. The molecule has 0 aliphatic carbocycles. The van der Waals surface area contributed by atoms with E-state index in [9.17, 15) is 5.11 Å². The molecule has 0 atom stereocenters. The lowest BCUT2D eigenvalue weighted by atomic mass is 9.73. The number of aromatic hydroxyl groups is 1. The molecule has 130 valence electrons. The van der Waals surface area contributed by atoms with Crippen LogP contribution in [-0.4, -0.2) is 9.85 Å². The van der Waals surface area contributed by atoms with E-state index in [0.29, 0.717) is 5.75 Å². The first-order chi connectivity index (χ1) is 10.3. The maximum absolute atomic E-state index is 11.3. The van der Waals surface area contributed by atoms with Gasteiger partial charge in [0, 0.05) is 20.8 Å². The molecule has 0 saturated carbocycles. The van der Waals surface area contributed by atoms with Gasteiger partial charge in [-0.2, -0.15) is 0 Å². The second kappa shape index (κ2) is 5.72. The van der Waals surface area contributed by atoms with Crippen molar-refractivity contribution in [1.82, 2.24) is 0 Å². The Bertz CT molecular complexity index is 612. The van der Waals surface area contributed by atoms with Crippen LogP contribution in [0.15, 0.2) is 4.90 Å². The van der Waals surface area contributed by atoms with Crippen molar-refractivity contribution in [3.05, 3.63) is 22.3 Å². The van der Waals surface area contributed by atoms with Crippen molar-refractivity contribution in [2.24, 2.45) is 0 Å². The van der Waals surface area contributed by atoms with Crippen LogP contribution < -0.4 is 0 Å². The van der Waals surface area contributed by atoms with Crippen LogP contribution in [0.4, 0.5) is 0 Å². The average molecular weight is 335 g/mol. The minimum Gasteiger partial charge on any atom is -0.507 e. The van der Waals surface area contributed by atoms with E-state index in [1.807, 2.05) is 11.8 Å². The van der Waals surface area contributed by atoms with E-state index in [1.54, 1.807) is 0 Å². The summed E-state index contributed by atoms with van der Waals surface area (Å²) in [6, 6.07) is 0. The van der Waals surface area contributed by atoms with Crippen LogP contribution in [0.1, 0.15) is 91.0 Å². The van der Waals surface area contributed by atoms with Gasteiger partial charge in [0.05, 0.1) is 0 Å². The molecule has 0 radical (unpaired) electrons. The third-order valence-corrected chi connectivity index (χ3v) is 6.00. The molecule has 0 aromatic heterocycles. The lowest BCUT2D eigenvalue weighted by Crippen LogP contribution is -2.22. The summed E-state index contributed by atoms with van der Waals surface area (Å²) in [5.41, 5.74) is 5.07. The minimum atomic E-state index is -0.0447. The number of hydrogen-bond acceptors (Lipinski definition) is 2. The highest BCUT2D eigenvalue weighted by molar-refractivity contribution is 8.01. The molecule has 0 spiro atoms. The molecule has 0 saturated heterocycles. The molecule has 1 aromatic rings. The van der Waals surface area contributed by atoms with Gasteiger partial charge in [-0.15, -0.1) is 11.8 Å². The third kappa shape index (κ3) is 3.43. The second-order valence-corrected chi connectivity index (χ2v) is 11.4. The quantitative estimate of drug-likeness (QED) is 0.678. The highest BCUT2D eigenvalue weighted by Gasteiger charge is 2.40. The lowest BCUT2D eigenvalue weighted by Gasteiger charge is -2.32. The van der Waals surface area contributed by atoms with Gasteiger partial charge in [0.15, 0.2) is 0 Å². The van der Waals surface area contributed by atoms with Crippen molar-refractivity contribution < 1.29 is 5.11 Å². The van der Waals surface area contributed by atoms with Crippen LogP contribution in [0.5, 0.6) is 5.75 Å². The van der Waals surface area contributed by atoms with E-state index in [2.05, 4.69) is 62.3 Å². The smallest absolute Gasteiger partial charge is 0.123 e. The molecule has 2 rings (SSSR count). The fourth-order valence-corrected chi connectivity index (χ4v) is 5.35. The first-order valence-corrected chi connectivity index (χ1v) is 9.72. The van der Waals surface area contributed by atoms with Crippen molar-refractivity contribution >= 4 is 11.8 Å². The summed E-state index contributed by atoms with van der Waals surface area (Å²) in [6.45, 7) is 20.2. The van der Waals surface area contributed by atoms with E-state index in [0.717, 1.165) is 19.3 Å². The number of phenolic OH excluding ortho intramolecular Hbond substituents is 1. The van der Waals surface area contributed by atoms with Crippen LogP contribution >= 0.6 is 11.8 Å². The Morgan fingerprint density at radius 1 is 1.00 bits per heavy atom. The summed E-state index contributed by atoms with van der Waals surface area (Å²) in [6.07, 6.45) is 3.22. The van der Waals surface area contributed by atoms with Crippen molar-refractivity contribution in [3.63, 3.8) is 0 Å². The van der Waals surface area contributed by atoms with E-state index in [4.69, 9.17) is 0 Å². The third-order valence-electron chi connectivity index (χ3n) is 4.61. The van der Waals surface area contributed by atoms with Gasteiger partial charge in [-0.1, -0.05) is 68.7 Å². The standard InChI is InChI=1S/C21H34OS/c1-10-11-13-15(19(2,3)4)17(22)16(20(5,6)7)14-12-21(8,9)23-18(13)14/h22H,10-12H2,1-9H3. The lowest BCUT2D eigenvalue weighted by molar-refractivity contribution is 0.416. The highest BCUT2D eigenvalue weighted by Crippen LogP contribution is 2.55. The summed E-state index contributed by atoms with van der Waals surface area (Å²) >= 11 is 2.02. The minimum absolute atomic E-state index is 0.0418. The van der Waals surface area contributed by atoms with Gasteiger partial charge in [-0.25, -0.2) is 0 Å². The summed E-state index contributed by atoms with van der Waals surface area (Å²) < 4.78 is 0.216. The average Bonchev–Trinajstić information content (AvgIpc) is 2.60. The zero-order valence-electron chi connectivity index (χ0n) is 16.5. The maximum Gasteiger partial charge on any atom is 0.123 e. The van der Waals surface area contributed by atoms with Gasteiger partial charge in [0.25, 0.3) is 0 Å². The molecule has 1 N–H and O–H groups in total. The van der Waals surface area contributed by atoms with E-state index in [-0.39, 0.29) is 15.6 Å². The number of rotatable bonds is 2. The van der Waals surface area contributed by atoms with E-state index in [1.165, 1.54) is 27.1 Å². The van der Waals surface area contributed by atoms with Crippen LogP contribution in [0, 0.1) is 0 Å². The van der Waals surface area contributed by atoms with Gasteiger partial charge >= 0.3 is 0 Å². The Kier molecular flexibility index (Phi) is 4.65. The first-order valence-electron chi connectivity index (χ1n) is 8.90. The molecule has 0 unspecified atom stereocenters. The number of thioether (sulfide) groups is 1. The van der Waals surface area contributed by atoms with Crippen molar-refractivity contribution in [1.29, 1.82) is 0 Å². The van der Waals surface area contributed by atoms with Crippen LogP contribution in [0.25, 0.3) is 0 Å². The molecule has 23 heavy (non-hydrogen) atoms. The highest BCUT2D eigenvalue weighted by atomic mass is 32.2. The van der Waals surface area contributed by atoms with Crippen molar-refractivity contribution in [3.8, 4) is 5.75 Å². The topological polar surface area (TPSA) is 20.2 Å². The Morgan fingerprint density at radius 2 is 1.52 bits per heavy atom. The van der Waals surface area contributed by atoms with Gasteiger partial charge in [0.1, 0.15) is 5.75 Å². The summed E-state index contributed by atoms with van der Waals surface area (Å²) in [7, 11) is 0. The summed E-state index contributed by atoms with van der Waals surface area (Å²) in [5.74, 6) is 0.561. The molecule has 1 heterocycles. The zero-order chi connectivity index (χ0) is 17.8. The molecule has 1 aliphatic rings. The first kappa shape index (κ1) is 18.7. The van der Waals surface area contributed by atoms with Crippen molar-refractivity contribution in [2.75, 3.05) is 0 Å². The van der Waals surface area contributed by atoms with Gasteiger partial charge in [-0.05, 0) is 34.8 Å². The van der Waals surface area contributed by atoms with E-state index >= 15 is 0 Å². The van der Waals surface area contributed by atoms with Gasteiger partial charge < -0.3 is 5.11 Å². The molecule has 1 nitrogen and oxygen atoms in total. The Labute approximate surface area is 147 Å². The Morgan fingerprint density at radius 3 is 1.96 bits per heavy atom. The molecular weight excluding hydrogens is 300 g/mol. The number of benzene rings is 1. The fraction of sp³-hybridized carbons (Fsp3) is 0.714. The predicted molar refractivity (Wildman–Crippen MR) is 103 cm³/mol. The molecule has 1 aliphatic heterocycles. The van der Waals surface area contributed by atoms with Crippen LogP contribution in [0.3, 0.4) is 0 Å². The second-order valence-electron chi connectivity index (χ2n) is 9.67. The number of hydrogen-bond donors (Lipinski definition) is 1. The molecule has 0 amide bonds. The predicted octanol–water partition coefficient (Wildman–Crippen LogP) is 6.37. The monoisotopic (exact) mass is 334 g/mol. The van der Waals surface area contributed by atoms with Gasteiger partial charge in [0.2, 0.25) is 0 Å².